The Labute approximate surface area is 124 Å². The van der Waals surface area contributed by atoms with E-state index in [1.165, 1.54) is 0 Å². The fraction of sp³-hybridized carbons (Fsp3) is 0.500. The van der Waals surface area contributed by atoms with E-state index in [0.29, 0.717) is 13.1 Å². The molecule has 2 aromatic rings. The first-order valence-corrected chi connectivity index (χ1v) is 8.21. The SMILES string of the molecule is CCNCc1cc(S(=O)(=O)NCCn2ccnn2)cn1C. The number of hydrogen-bond acceptors (Lipinski definition) is 5. The van der Waals surface area contributed by atoms with Crippen molar-refractivity contribution in [3.8, 4) is 0 Å². The van der Waals surface area contributed by atoms with Crippen LogP contribution in [0.2, 0.25) is 0 Å². The Kier molecular flexibility index (Phi) is 5.10. The van der Waals surface area contributed by atoms with Gasteiger partial charge in [-0.05, 0) is 12.6 Å². The molecule has 0 radical (unpaired) electrons. The molecule has 0 aliphatic carbocycles. The molecule has 9 heteroatoms. The highest BCUT2D eigenvalue weighted by atomic mass is 32.2. The van der Waals surface area contributed by atoms with Crippen molar-refractivity contribution in [3.63, 3.8) is 0 Å². The minimum absolute atomic E-state index is 0.267. The van der Waals surface area contributed by atoms with E-state index in [1.807, 2.05) is 18.5 Å². The maximum absolute atomic E-state index is 12.2. The van der Waals surface area contributed by atoms with E-state index in [-0.39, 0.29) is 11.4 Å². The van der Waals surface area contributed by atoms with Crippen molar-refractivity contribution in [2.75, 3.05) is 13.1 Å². The van der Waals surface area contributed by atoms with Crippen LogP contribution in [0.15, 0.2) is 29.6 Å². The Morgan fingerprint density at radius 1 is 1.38 bits per heavy atom. The summed E-state index contributed by atoms with van der Waals surface area (Å²) in [7, 11) is -1.67. The van der Waals surface area contributed by atoms with Crippen LogP contribution < -0.4 is 10.0 Å². The summed E-state index contributed by atoms with van der Waals surface area (Å²) in [5, 5.41) is 10.6. The van der Waals surface area contributed by atoms with Crippen molar-refractivity contribution in [1.29, 1.82) is 0 Å². The molecule has 2 heterocycles. The lowest BCUT2D eigenvalue weighted by molar-refractivity contribution is 0.553. The third-order valence-electron chi connectivity index (χ3n) is 3.05. The van der Waals surface area contributed by atoms with Gasteiger partial charge < -0.3 is 9.88 Å². The summed E-state index contributed by atoms with van der Waals surface area (Å²) in [5.74, 6) is 0. The zero-order valence-electron chi connectivity index (χ0n) is 12.2. The Morgan fingerprint density at radius 3 is 2.86 bits per heavy atom. The summed E-state index contributed by atoms with van der Waals surface area (Å²) < 4.78 is 30.4. The highest BCUT2D eigenvalue weighted by molar-refractivity contribution is 7.89. The van der Waals surface area contributed by atoms with Gasteiger partial charge >= 0.3 is 0 Å². The first kappa shape index (κ1) is 15.7. The quantitative estimate of drug-likeness (QED) is 0.698. The average Bonchev–Trinajstić information content (AvgIpc) is 3.06. The summed E-state index contributed by atoms with van der Waals surface area (Å²) in [6.07, 6.45) is 4.86. The monoisotopic (exact) mass is 312 g/mol. The van der Waals surface area contributed by atoms with Crippen LogP contribution in [0.5, 0.6) is 0 Å². The number of nitrogens with zero attached hydrogens (tertiary/aromatic N) is 4. The van der Waals surface area contributed by atoms with Gasteiger partial charge in [0, 0.05) is 38.2 Å². The first-order valence-electron chi connectivity index (χ1n) is 6.72. The Hall–Kier alpha value is -1.71. The van der Waals surface area contributed by atoms with Crippen molar-refractivity contribution in [3.05, 3.63) is 30.4 Å². The van der Waals surface area contributed by atoms with Crippen LogP contribution in [-0.2, 0) is 30.2 Å². The molecule has 0 unspecified atom stereocenters. The van der Waals surface area contributed by atoms with E-state index in [9.17, 15) is 8.42 Å². The van der Waals surface area contributed by atoms with Crippen LogP contribution in [-0.4, -0.2) is 41.1 Å². The summed E-state index contributed by atoms with van der Waals surface area (Å²) in [6.45, 7) is 4.19. The van der Waals surface area contributed by atoms with Crippen LogP contribution in [0, 0.1) is 0 Å². The number of sulfonamides is 1. The number of nitrogens with one attached hydrogen (secondary N) is 2. The predicted octanol–water partition coefficient (Wildman–Crippen LogP) is -0.295. The summed E-state index contributed by atoms with van der Waals surface area (Å²) in [5.41, 5.74) is 0.925. The molecule has 116 valence electrons. The van der Waals surface area contributed by atoms with Crippen LogP contribution in [0.4, 0.5) is 0 Å². The summed E-state index contributed by atoms with van der Waals surface area (Å²) >= 11 is 0. The van der Waals surface area contributed by atoms with Crippen molar-refractivity contribution in [2.45, 2.75) is 24.9 Å². The van der Waals surface area contributed by atoms with E-state index < -0.39 is 10.0 Å². The number of aryl methyl sites for hydroxylation is 1. The molecular weight excluding hydrogens is 292 g/mol. The maximum atomic E-state index is 12.2. The van der Waals surface area contributed by atoms with E-state index in [0.717, 1.165) is 12.2 Å². The van der Waals surface area contributed by atoms with Gasteiger partial charge in [-0.2, -0.15) is 0 Å². The van der Waals surface area contributed by atoms with E-state index >= 15 is 0 Å². The molecule has 0 aliphatic rings. The molecule has 0 amide bonds. The Bertz CT molecular complexity index is 662. The smallest absolute Gasteiger partial charge is 0.242 e. The fourth-order valence-electron chi connectivity index (χ4n) is 1.88. The van der Waals surface area contributed by atoms with Crippen LogP contribution in [0.1, 0.15) is 12.6 Å². The van der Waals surface area contributed by atoms with Crippen molar-refractivity contribution >= 4 is 10.0 Å². The second-order valence-electron chi connectivity index (χ2n) is 4.62. The standard InChI is InChI=1S/C12H20N6O2S/c1-3-13-9-11-8-12(10-17(11)2)21(19,20)15-5-7-18-6-4-14-16-18/h4,6,8,10,13,15H,3,5,7,9H2,1-2H3. The van der Waals surface area contributed by atoms with Gasteiger partial charge in [-0.15, -0.1) is 5.10 Å². The third kappa shape index (κ3) is 4.13. The van der Waals surface area contributed by atoms with Gasteiger partial charge in [-0.1, -0.05) is 12.1 Å². The Balaban J connectivity index is 1.98. The fourth-order valence-corrected chi connectivity index (χ4v) is 3.00. The molecule has 0 aromatic carbocycles. The van der Waals surface area contributed by atoms with E-state index in [4.69, 9.17) is 0 Å². The van der Waals surface area contributed by atoms with Crippen molar-refractivity contribution < 1.29 is 8.42 Å². The molecule has 2 N–H and O–H groups in total. The number of hydrogen-bond donors (Lipinski definition) is 2. The van der Waals surface area contributed by atoms with Gasteiger partial charge in [0.2, 0.25) is 10.0 Å². The van der Waals surface area contributed by atoms with Gasteiger partial charge in [0.25, 0.3) is 0 Å². The van der Waals surface area contributed by atoms with Gasteiger partial charge in [0.05, 0.1) is 17.6 Å². The summed E-state index contributed by atoms with van der Waals surface area (Å²) in [6, 6.07) is 1.68. The largest absolute Gasteiger partial charge is 0.352 e. The molecule has 2 rings (SSSR count). The zero-order valence-corrected chi connectivity index (χ0v) is 13.0. The zero-order chi connectivity index (χ0) is 15.3. The second-order valence-corrected chi connectivity index (χ2v) is 6.39. The lowest BCUT2D eigenvalue weighted by Crippen LogP contribution is -2.27. The molecular formula is C12H20N6O2S. The number of rotatable bonds is 8. The molecule has 0 bridgehead atoms. The van der Waals surface area contributed by atoms with E-state index in [2.05, 4.69) is 20.4 Å². The lowest BCUT2D eigenvalue weighted by atomic mass is 10.4. The molecule has 0 spiro atoms. The van der Waals surface area contributed by atoms with Crippen molar-refractivity contribution in [1.82, 2.24) is 29.6 Å². The number of aromatic nitrogens is 4. The third-order valence-corrected chi connectivity index (χ3v) is 4.48. The van der Waals surface area contributed by atoms with Gasteiger partial charge in [-0.3, -0.25) is 4.68 Å². The molecule has 0 aliphatic heterocycles. The molecule has 2 aromatic heterocycles. The molecule has 0 saturated heterocycles. The van der Waals surface area contributed by atoms with Gasteiger partial charge in [-0.25, -0.2) is 13.1 Å². The second kappa shape index (κ2) is 6.83. The molecule has 0 fully saturated rings. The summed E-state index contributed by atoms with van der Waals surface area (Å²) in [4.78, 5) is 0.275. The highest BCUT2D eigenvalue weighted by Crippen LogP contribution is 2.13. The molecule has 0 saturated carbocycles. The van der Waals surface area contributed by atoms with Crippen molar-refractivity contribution in [2.24, 2.45) is 7.05 Å². The molecule has 8 nitrogen and oxygen atoms in total. The normalized spacial score (nSPS) is 11.9. The molecule has 0 atom stereocenters. The van der Waals surface area contributed by atoms with Gasteiger partial charge in [0.1, 0.15) is 0 Å². The highest BCUT2D eigenvalue weighted by Gasteiger charge is 2.16. The van der Waals surface area contributed by atoms with Crippen LogP contribution in [0.25, 0.3) is 0 Å². The van der Waals surface area contributed by atoms with E-state index in [1.54, 1.807) is 29.3 Å². The Morgan fingerprint density at radius 2 is 2.19 bits per heavy atom. The maximum Gasteiger partial charge on any atom is 0.242 e. The first-order chi connectivity index (χ1) is 10.0. The lowest BCUT2D eigenvalue weighted by Gasteiger charge is -2.04. The van der Waals surface area contributed by atoms with Crippen LogP contribution >= 0.6 is 0 Å². The van der Waals surface area contributed by atoms with Gasteiger partial charge in [0.15, 0.2) is 0 Å². The molecule has 21 heavy (non-hydrogen) atoms. The topological polar surface area (TPSA) is 93.8 Å². The minimum Gasteiger partial charge on any atom is -0.352 e. The van der Waals surface area contributed by atoms with Crippen LogP contribution in [0.3, 0.4) is 0 Å². The minimum atomic E-state index is -3.50. The average molecular weight is 312 g/mol. The predicted molar refractivity (Wildman–Crippen MR) is 78.0 cm³/mol.